The van der Waals surface area contributed by atoms with Crippen LogP contribution in [0.4, 0.5) is 0 Å². The van der Waals surface area contributed by atoms with Gasteiger partial charge in [0.25, 0.3) is 0 Å². The van der Waals surface area contributed by atoms with Gasteiger partial charge in [0.05, 0.1) is 6.10 Å². The van der Waals surface area contributed by atoms with Gasteiger partial charge in [0.15, 0.2) is 0 Å². The van der Waals surface area contributed by atoms with E-state index >= 15 is 0 Å². The fourth-order valence-electron chi connectivity index (χ4n) is 4.58. The van der Waals surface area contributed by atoms with E-state index in [0.29, 0.717) is 6.54 Å². The predicted octanol–water partition coefficient (Wildman–Crippen LogP) is 4.37. The number of rotatable bonds is 6. The molecule has 150 valence electrons. The molecule has 0 amide bonds. The molecule has 0 spiro atoms. The fourth-order valence-corrected chi connectivity index (χ4v) is 4.58. The van der Waals surface area contributed by atoms with Crippen LogP contribution in [0.15, 0.2) is 91.0 Å². The van der Waals surface area contributed by atoms with E-state index < -0.39 is 11.7 Å². The van der Waals surface area contributed by atoms with Crippen LogP contribution >= 0.6 is 0 Å². The Kier molecular flexibility index (Phi) is 6.10. The molecule has 29 heavy (non-hydrogen) atoms. The summed E-state index contributed by atoms with van der Waals surface area (Å²) in [5.74, 6) is 0.136. The van der Waals surface area contributed by atoms with Crippen molar-refractivity contribution in [2.75, 3.05) is 19.6 Å². The number of benzene rings is 3. The molecule has 3 aromatic carbocycles. The second-order valence-electron chi connectivity index (χ2n) is 8.00. The fraction of sp³-hybridized carbons (Fsp3) is 0.308. The zero-order valence-corrected chi connectivity index (χ0v) is 16.7. The van der Waals surface area contributed by atoms with Crippen molar-refractivity contribution in [3.8, 4) is 0 Å². The van der Waals surface area contributed by atoms with Crippen molar-refractivity contribution < 1.29 is 10.2 Å². The number of aliphatic hydroxyl groups excluding tert-OH is 1. The summed E-state index contributed by atoms with van der Waals surface area (Å²) in [6.07, 6.45) is 1.30. The van der Waals surface area contributed by atoms with Gasteiger partial charge in [-0.25, -0.2) is 0 Å². The van der Waals surface area contributed by atoms with E-state index in [1.54, 1.807) is 0 Å². The van der Waals surface area contributed by atoms with Crippen molar-refractivity contribution in [3.63, 3.8) is 0 Å². The Morgan fingerprint density at radius 2 is 1.21 bits per heavy atom. The molecule has 1 unspecified atom stereocenters. The van der Waals surface area contributed by atoms with E-state index in [1.165, 1.54) is 0 Å². The molecule has 0 radical (unpaired) electrons. The number of likely N-dealkylation sites (tertiary alicyclic amines) is 1. The Morgan fingerprint density at radius 1 is 0.759 bits per heavy atom. The van der Waals surface area contributed by atoms with E-state index in [2.05, 4.69) is 4.90 Å². The third kappa shape index (κ3) is 4.27. The molecule has 3 aromatic rings. The van der Waals surface area contributed by atoms with Crippen molar-refractivity contribution in [1.82, 2.24) is 4.90 Å². The van der Waals surface area contributed by atoms with Crippen LogP contribution in [0, 0.1) is 5.92 Å². The minimum absolute atomic E-state index is 0.136. The highest BCUT2D eigenvalue weighted by molar-refractivity contribution is 5.37. The zero-order chi connectivity index (χ0) is 20.1. The van der Waals surface area contributed by atoms with Crippen LogP contribution in [-0.4, -0.2) is 34.7 Å². The molecule has 2 N–H and O–H groups in total. The lowest BCUT2D eigenvalue weighted by atomic mass is 9.72. The second kappa shape index (κ2) is 8.91. The lowest BCUT2D eigenvalue weighted by Gasteiger charge is -2.42. The molecule has 0 saturated carbocycles. The van der Waals surface area contributed by atoms with Gasteiger partial charge in [-0.2, -0.15) is 0 Å². The molecule has 3 nitrogen and oxygen atoms in total. The normalized spacial score (nSPS) is 17.2. The molecule has 0 bridgehead atoms. The SMILES string of the molecule is OC(CN1CCC(C(O)(c2ccccc2)c2ccccc2)CC1)c1ccccc1. The lowest BCUT2D eigenvalue weighted by Crippen LogP contribution is -2.45. The summed E-state index contributed by atoms with van der Waals surface area (Å²) in [4.78, 5) is 2.31. The monoisotopic (exact) mass is 387 g/mol. The number of piperidine rings is 1. The first-order valence-electron chi connectivity index (χ1n) is 10.5. The predicted molar refractivity (Wildman–Crippen MR) is 116 cm³/mol. The summed E-state index contributed by atoms with van der Waals surface area (Å²) in [7, 11) is 0. The minimum atomic E-state index is -0.993. The van der Waals surface area contributed by atoms with E-state index in [9.17, 15) is 10.2 Å². The van der Waals surface area contributed by atoms with Crippen molar-refractivity contribution in [2.45, 2.75) is 24.5 Å². The maximum atomic E-state index is 12.0. The summed E-state index contributed by atoms with van der Waals surface area (Å²) in [5.41, 5.74) is 1.87. The van der Waals surface area contributed by atoms with Gasteiger partial charge in [0.2, 0.25) is 0 Å². The molecule has 3 heteroatoms. The highest BCUT2D eigenvalue weighted by Crippen LogP contribution is 2.42. The van der Waals surface area contributed by atoms with Crippen LogP contribution in [0.1, 0.15) is 35.6 Å². The van der Waals surface area contributed by atoms with E-state index in [4.69, 9.17) is 0 Å². The molecule has 1 saturated heterocycles. The second-order valence-corrected chi connectivity index (χ2v) is 8.00. The van der Waals surface area contributed by atoms with E-state index in [-0.39, 0.29) is 5.92 Å². The van der Waals surface area contributed by atoms with Crippen LogP contribution in [0.2, 0.25) is 0 Å². The Labute approximate surface area is 173 Å². The Bertz CT molecular complexity index is 835. The molecule has 1 fully saturated rings. The van der Waals surface area contributed by atoms with Gasteiger partial charge in [0.1, 0.15) is 5.60 Å². The van der Waals surface area contributed by atoms with Crippen molar-refractivity contribution in [1.29, 1.82) is 0 Å². The molecule has 4 rings (SSSR count). The highest BCUT2D eigenvalue weighted by atomic mass is 16.3. The van der Waals surface area contributed by atoms with Crippen molar-refractivity contribution >= 4 is 0 Å². The largest absolute Gasteiger partial charge is 0.387 e. The van der Waals surface area contributed by atoms with Gasteiger partial charge in [-0.15, -0.1) is 0 Å². The Hall–Kier alpha value is -2.46. The number of hydrogen-bond donors (Lipinski definition) is 2. The summed E-state index contributed by atoms with van der Waals surface area (Å²) < 4.78 is 0. The maximum absolute atomic E-state index is 12.0. The molecule has 1 aliphatic heterocycles. The molecule has 0 aliphatic carbocycles. The van der Waals surface area contributed by atoms with Crippen LogP contribution < -0.4 is 0 Å². The molecule has 0 aromatic heterocycles. The maximum Gasteiger partial charge on any atom is 0.117 e. The number of nitrogens with zero attached hydrogens (tertiary/aromatic N) is 1. The lowest BCUT2D eigenvalue weighted by molar-refractivity contribution is -0.0198. The average molecular weight is 388 g/mol. The number of β-amino-alcohol motifs (C(OH)–C–C–N with tert-alkyl or cyclic N) is 1. The summed E-state index contributed by atoms with van der Waals surface area (Å²) >= 11 is 0. The first-order valence-corrected chi connectivity index (χ1v) is 10.5. The van der Waals surface area contributed by atoms with E-state index in [1.807, 2.05) is 91.0 Å². The van der Waals surface area contributed by atoms with Crippen LogP contribution in [0.25, 0.3) is 0 Å². The standard InChI is InChI=1S/C26H29NO2/c28-25(21-10-4-1-5-11-21)20-27-18-16-24(17-19-27)26(29,22-12-6-2-7-13-22)23-14-8-3-9-15-23/h1-15,24-25,28-29H,16-20H2. The first kappa shape index (κ1) is 19.8. The summed E-state index contributed by atoms with van der Waals surface area (Å²) in [6, 6.07) is 29.9. The molecule has 1 atom stereocenters. The van der Waals surface area contributed by atoms with Gasteiger partial charge >= 0.3 is 0 Å². The zero-order valence-electron chi connectivity index (χ0n) is 16.7. The highest BCUT2D eigenvalue weighted by Gasteiger charge is 2.41. The third-order valence-electron chi connectivity index (χ3n) is 6.22. The molecular formula is C26H29NO2. The van der Waals surface area contributed by atoms with Gasteiger partial charge in [-0.05, 0) is 48.5 Å². The van der Waals surface area contributed by atoms with Crippen LogP contribution in [0.3, 0.4) is 0 Å². The quantitative estimate of drug-likeness (QED) is 0.660. The topological polar surface area (TPSA) is 43.7 Å². The molecular weight excluding hydrogens is 358 g/mol. The summed E-state index contributed by atoms with van der Waals surface area (Å²) in [5, 5.41) is 22.5. The van der Waals surface area contributed by atoms with Gasteiger partial charge in [-0.3, -0.25) is 0 Å². The van der Waals surface area contributed by atoms with Gasteiger partial charge < -0.3 is 15.1 Å². The summed E-state index contributed by atoms with van der Waals surface area (Å²) in [6.45, 7) is 2.37. The van der Waals surface area contributed by atoms with Gasteiger partial charge in [-0.1, -0.05) is 91.0 Å². The number of aliphatic hydroxyl groups is 2. The van der Waals surface area contributed by atoms with E-state index in [0.717, 1.165) is 42.6 Å². The smallest absolute Gasteiger partial charge is 0.117 e. The number of hydrogen-bond acceptors (Lipinski definition) is 3. The van der Waals surface area contributed by atoms with Crippen LogP contribution in [-0.2, 0) is 5.60 Å². The third-order valence-corrected chi connectivity index (χ3v) is 6.22. The Morgan fingerprint density at radius 3 is 1.69 bits per heavy atom. The molecule has 1 aliphatic rings. The van der Waals surface area contributed by atoms with Crippen LogP contribution in [0.5, 0.6) is 0 Å². The Balaban J connectivity index is 1.49. The molecule has 1 heterocycles. The first-order chi connectivity index (χ1) is 14.2. The van der Waals surface area contributed by atoms with Crippen molar-refractivity contribution in [2.24, 2.45) is 5.92 Å². The van der Waals surface area contributed by atoms with Gasteiger partial charge in [0, 0.05) is 6.54 Å². The van der Waals surface area contributed by atoms with Crippen molar-refractivity contribution in [3.05, 3.63) is 108 Å². The minimum Gasteiger partial charge on any atom is -0.387 e. The average Bonchev–Trinajstić information content (AvgIpc) is 2.81.